The van der Waals surface area contributed by atoms with Crippen molar-refractivity contribution < 1.29 is 9.53 Å². The van der Waals surface area contributed by atoms with Gasteiger partial charge in [0.05, 0.1) is 18.4 Å². The molecule has 156 valence electrons. The molecule has 0 fully saturated rings. The molecule has 0 radical (unpaired) electrons. The van der Waals surface area contributed by atoms with Crippen LogP contribution in [0, 0.1) is 0 Å². The molecule has 0 N–H and O–H groups in total. The van der Waals surface area contributed by atoms with E-state index in [-0.39, 0.29) is 5.78 Å². The summed E-state index contributed by atoms with van der Waals surface area (Å²) in [6.07, 6.45) is 0. The minimum absolute atomic E-state index is 0.0640. The van der Waals surface area contributed by atoms with Crippen LogP contribution >= 0.6 is 11.8 Å². The van der Waals surface area contributed by atoms with Crippen molar-refractivity contribution in [2.45, 2.75) is 18.6 Å². The normalized spacial score (nSPS) is 10.8. The van der Waals surface area contributed by atoms with E-state index in [0.717, 1.165) is 33.4 Å². The van der Waals surface area contributed by atoms with Crippen molar-refractivity contribution in [2.75, 3.05) is 12.9 Å². The van der Waals surface area contributed by atoms with Gasteiger partial charge in [-0.25, -0.2) is 0 Å². The highest BCUT2D eigenvalue weighted by molar-refractivity contribution is 7.99. The molecular weight excluding hydrogens is 406 g/mol. The Bertz CT molecular complexity index is 1170. The number of benzene rings is 3. The standard InChI is InChI=1S/C25H23N3O2S/c1-3-28-24(21-11-7-8-12-23(21)30-2)26-27-25(28)31-17-22(29)20-15-13-19(14-16-20)18-9-5-4-6-10-18/h4-16H,3,17H2,1-2H3. The van der Waals surface area contributed by atoms with Crippen LogP contribution in [0.4, 0.5) is 0 Å². The molecule has 0 amide bonds. The third-order valence-corrected chi connectivity index (χ3v) is 5.99. The number of ketones is 1. The van der Waals surface area contributed by atoms with Crippen molar-refractivity contribution in [2.24, 2.45) is 0 Å². The molecule has 0 saturated heterocycles. The number of carbonyl (C=O) groups is 1. The first-order valence-electron chi connectivity index (χ1n) is 10.1. The average molecular weight is 430 g/mol. The summed E-state index contributed by atoms with van der Waals surface area (Å²) in [6.45, 7) is 2.74. The zero-order chi connectivity index (χ0) is 21.6. The lowest BCUT2D eigenvalue weighted by atomic mass is 10.0. The van der Waals surface area contributed by atoms with E-state index in [2.05, 4.69) is 22.3 Å². The molecule has 0 aliphatic carbocycles. The zero-order valence-electron chi connectivity index (χ0n) is 17.5. The largest absolute Gasteiger partial charge is 0.496 e. The number of thioether (sulfide) groups is 1. The molecule has 3 aromatic carbocycles. The number of hydrogen-bond acceptors (Lipinski definition) is 5. The number of Topliss-reactive ketones (excluding diaryl/α,β-unsaturated/α-hetero) is 1. The highest BCUT2D eigenvalue weighted by atomic mass is 32.2. The first kappa shape index (κ1) is 20.9. The van der Waals surface area contributed by atoms with Gasteiger partial charge in [0.1, 0.15) is 5.75 Å². The summed E-state index contributed by atoms with van der Waals surface area (Å²) in [6, 6.07) is 25.6. The van der Waals surface area contributed by atoms with Gasteiger partial charge in [-0.2, -0.15) is 0 Å². The maximum atomic E-state index is 12.7. The van der Waals surface area contributed by atoms with Crippen LogP contribution in [-0.2, 0) is 6.54 Å². The van der Waals surface area contributed by atoms with E-state index < -0.39 is 0 Å². The molecule has 0 aliphatic heterocycles. The molecule has 0 unspecified atom stereocenters. The lowest BCUT2D eigenvalue weighted by Gasteiger charge is -2.10. The summed E-state index contributed by atoms with van der Waals surface area (Å²) in [4.78, 5) is 12.7. The molecule has 1 heterocycles. The Morgan fingerprint density at radius 1 is 0.903 bits per heavy atom. The van der Waals surface area contributed by atoms with E-state index in [9.17, 15) is 4.79 Å². The topological polar surface area (TPSA) is 57.0 Å². The number of nitrogens with zero attached hydrogens (tertiary/aromatic N) is 3. The highest BCUT2D eigenvalue weighted by Gasteiger charge is 2.17. The second-order valence-corrected chi connectivity index (χ2v) is 7.85. The zero-order valence-corrected chi connectivity index (χ0v) is 18.3. The molecule has 6 heteroatoms. The predicted octanol–water partition coefficient (Wildman–Crippen LogP) is 5.62. The molecule has 0 saturated carbocycles. The van der Waals surface area contributed by atoms with Crippen molar-refractivity contribution >= 4 is 17.5 Å². The second kappa shape index (κ2) is 9.62. The Kier molecular flexibility index (Phi) is 6.48. The van der Waals surface area contributed by atoms with Crippen molar-refractivity contribution in [3.8, 4) is 28.3 Å². The molecule has 0 atom stereocenters. The van der Waals surface area contributed by atoms with Gasteiger partial charge in [-0.15, -0.1) is 10.2 Å². The van der Waals surface area contributed by atoms with Crippen molar-refractivity contribution in [1.82, 2.24) is 14.8 Å². The number of methoxy groups -OCH3 is 1. The highest BCUT2D eigenvalue weighted by Crippen LogP contribution is 2.31. The second-order valence-electron chi connectivity index (χ2n) is 6.91. The van der Waals surface area contributed by atoms with Crippen LogP contribution < -0.4 is 4.74 Å². The summed E-state index contributed by atoms with van der Waals surface area (Å²) in [7, 11) is 1.64. The summed E-state index contributed by atoms with van der Waals surface area (Å²) >= 11 is 1.40. The quantitative estimate of drug-likeness (QED) is 0.269. The van der Waals surface area contributed by atoms with Crippen LogP contribution in [0.3, 0.4) is 0 Å². The lowest BCUT2D eigenvalue weighted by Crippen LogP contribution is -2.05. The van der Waals surface area contributed by atoms with Gasteiger partial charge < -0.3 is 9.30 Å². The van der Waals surface area contributed by atoms with E-state index in [4.69, 9.17) is 4.74 Å². The monoisotopic (exact) mass is 429 g/mol. The molecule has 1 aromatic heterocycles. The average Bonchev–Trinajstić information content (AvgIpc) is 3.25. The Hall–Kier alpha value is -3.38. The summed E-state index contributed by atoms with van der Waals surface area (Å²) in [5, 5.41) is 9.41. The van der Waals surface area contributed by atoms with Gasteiger partial charge in [-0.3, -0.25) is 4.79 Å². The Balaban J connectivity index is 1.48. The molecule has 0 spiro atoms. The van der Waals surface area contributed by atoms with Crippen molar-refractivity contribution in [3.05, 3.63) is 84.4 Å². The number of rotatable bonds is 8. The van der Waals surface area contributed by atoms with Crippen molar-refractivity contribution in [3.63, 3.8) is 0 Å². The van der Waals surface area contributed by atoms with E-state index >= 15 is 0 Å². The van der Waals surface area contributed by atoms with Gasteiger partial charge >= 0.3 is 0 Å². The minimum Gasteiger partial charge on any atom is -0.496 e. The summed E-state index contributed by atoms with van der Waals surface area (Å²) in [5.74, 6) is 1.85. The van der Waals surface area contributed by atoms with Crippen LogP contribution in [0.1, 0.15) is 17.3 Å². The van der Waals surface area contributed by atoms with Crippen molar-refractivity contribution in [1.29, 1.82) is 0 Å². The Labute approximate surface area is 186 Å². The van der Waals surface area contributed by atoms with E-state index in [1.54, 1.807) is 7.11 Å². The summed E-state index contributed by atoms with van der Waals surface area (Å²) < 4.78 is 7.47. The molecular formula is C25H23N3O2S. The van der Waals surface area contributed by atoms with Crippen LogP contribution in [-0.4, -0.2) is 33.4 Å². The van der Waals surface area contributed by atoms with Gasteiger partial charge in [-0.1, -0.05) is 78.5 Å². The molecule has 4 rings (SSSR count). The van der Waals surface area contributed by atoms with Crippen LogP contribution in [0.2, 0.25) is 0 Å². The number of para-hydroxylation sites is 1. The predicted molar refractivity (Wildman–Crippen MR) is 125 cm³/mol. The molecule has 31 heavy (non-hydrogen) atoms. The molecule has 4 aromatic rings. The fourth-order valence-electron chi connectivity index (χ4n) is 3.40. The van der Waals surface area contributed by atoms with Crippen LogP contribution in [0.5, 0.6) is 5.75 Å². The van der Waals surface area contributed by atoms with E-state index in [1.807, 2.05) is 78.2 Å². The first-order chi connectivity index (χ1) is 15.2. The minimum atomic E-state index is 0.0640. The number of aromatic nitrogens is 3. The van der Waals surface area contributed by atoms with Crippen LogP contribution in [0.15, 0.2) is 84.0 Å². The van der Waals surface area contributed by atoms with E-state index in [0.29, 0.717) is 17.9 Å². The number of ether oxygens (including phenoxy) is 1. The fourth-order valence-corrected chi connectivity index (χ4v) is 4.30. The fraction of sp³-hybridized carbons (Fsp3) is 0.160. The Morgan fingerprint density at radius 3 is 2.29 bits per heavy atom. The molecule has 0 bridgehead atoms. The van der Waals surface area contributed by atoms with Gasteiger partial charge in [0.25, 0.3) is 0 Å². The SMILES string of the molecule is CCn1c(SCC(=O)c2ccc(-c3ccccc3)cc2)nnc1-c1ccccc1OC. The van der Waals surface area contributed by atoms with Crippen LogP contribution in [0.25, 0.3) is 22.5 Å². The van der Waals surface area contributed by atoms with Gasteiger partial charge in [0, 0.05) is 12.1 Å². The smallest absolute Gasteiger partial charge is 0.191 e. The van der Waals surface area contributed by atoms with Gasteiger partial charge in [0.2, 0.25) is 0 Å². The third-order valence-electron chi connectivity index (χ3n) is 5.03. The molecule has 5 nitrogen and oxygen atoms in total. The maximum absolute atomic E-state index is 12.7. The maximum Gasteiger partial charge on any atom is 0.191 e. The van der Waals surface area contributed by atoms with E-state index in [1.165, 1.54) is 11.8 Å². The van der Waals surface area contributed by atoms with Gasteiger partial charge in [-0.05, 0) is 30.2 Å². The summed E-state index contributed by atoms with van der Waals surface area (Å²) in [5.41, 5.74) is 3.81. The Morgan fingerprint density at radius 2 is 1.58 bits per heavy atom. The first-order valence-corrected chi connectivity index (χ1v) is 11.1. The molecule has 0 aliphatic rings. The number of hydrogen-bond donors (Lipinski definition) is 0. The third kappa shape index (κ3) is 4.54. The number of carbonyl (C=O) groups excluding carboxylic acids is 1. The van der Waals surface area contributed by atoms with Gasteiger partial charge in [0.15, 0.2) is 16.8 Å². The lowest BCUT2D eigenvalue weighted by molar-refractivity contribution is 0.102.